The van der Waals surface area contributed by atoms with E-state index in [0.717, 1.165) is 54.5 Å². The number of furan rings is 1. The maximum atomic E-state index is 5.31. The van der Waals surface area contributed by atoms with Crippen LogP contribution in [-0.2, 0) is 19.3 Å². The van der Waals surface area contributed by atoms with E-state index in [1.165, 1.54) is 6.42 Å². The van der Waals surface area contributed by atoms with Gasteiger partial charge in [0.25, 0.3) is 0 Å². The zero-order chi connectivity index (χ0) is 13.3. The molecule has 0 amide bonds. The molecule has 2 heterocycles. The molecule has 2 aromatic rings. The fraction of sp³-hybridized carbons (Fsp3) is 0.571. The smallest absolute Gasteiger partial charge is 0.117 e. The first-order valence-corrected chi connectivity index (χ1v) is 7.74. The van der Waals surface area contributed by atoms with E-state index in [0.29, 0.717) is 0 Å². The van der Waals surface area contributed by atoms with Gasteiger partial charge < -0.3 is 9.73 Å². The first-order chi connectivity index (χ1) is 9.38. The fourth-order valence-corrected chi connectivity index (χ4v) is 2.73. The van der Waals surface area contributed by atoms with Crippen LogP contribution in [0.3, 0.4) is 0 Å². The molecule has 104 valence electrons. The molecule has 2 aromatic heterocycles. The normalized spacial score (nSPS) is 11.0. The van der Waals surface area contributed by atoms with Crippen LogP contribution in [0.25, 0.3) is 0 Å². The molecular formula is C14H21N3OS. The lowest BCUT2D eigenvalue weighted by molar-refractivity contribution is 0.508. The van der Waals surface area contributed by atoms with Gasteiger partial charge in [0.15, 0.2) is 0 Å². The summed E-state index contributed by atoms with van der Waals surface area (Å²) in [6, 6.07) is 3.92. The van der Waals surface area contributed by atoms with Crippen molar-refractivity contribution >= 4 is 11.3 Å². The Labute approximate surface area is 118 Å². The van der Waals surface area contributed by atoms with Crippen LogP contribution in [0.15, 0.2) is 22.8 Å². The first kappa shape index (κ1) is 14.2. The standard InChI is InChI=1S/C14H21N3OS/c1-2-9-15-10-3-6-13-16-17-14(19-13)8-7-12-5-4-11-18-12/h4-5,11,15H,2-3,6-10H2,1H3. The largest absolute Gasteiger partial charge is 0.469 e. The second-order valence-corrected chi connectivity index (χ2v) is 5.67. The van der Waals surface area contributed by atoms with E-state index in [1.807, 2.05) is 12.1 Å². The highest BCUT2D eigenvalue weighted by molar-refractivity contribution is 7.11. The van der Waals surface area contributed by atoms with Gasteiger partial charge in [0, 0.05) is 19.3 Å². The topological polar surface area (TPSA) is 51.0 Å². The van der Waals surface area contributed by atoms with Gasteiger partial charge in [-0.1, -0.05) is 6.92 Å². The zero-order valence-corrected chi connectivity index (χ0v) is 12.2. The zero-order valence-electron chi connectivity index (χ0n) is 11.4. The molecule has 4 nitrogen and oxygen atoms in total. The number of nitrogens with zero attached hydrogens (tertiary/aromatic N) is 2. The van der Waals surface area contributed by atoms with Crippen molar-refractivity contribution in [2.45, 2.75) is 39.0 Å². The Morgan fingerprint density at radius 1 is 1.16 bits per heavy atom. The highest BCUT2D eigenvalue weighted by Gasteiger charge is 2.05. The summed E-state index contributed by atoms with van der Waals surface area (Å²) in [5, 5.41) is 14.1. The van der Waals surface area contributed by atoms with Crippen LogP contribution >= 0.6 is 11.3 Å². The Kier molecular flexibility index (Phi) is 6.04. The number of rotatable bonds is 9. The summed E-state index contributed by atoms with van der Waals surface area (Å²) < 4.78 is 5.31. The number of hydrogen-bond donors (Lipinski definition) is 1. The van der Waals surface area contributed by atoms with Crippen LogP contribution in [0.4, 0.5) is 0 Å². The Hall–Kier alpha value is -1.20. The molecule has 0 spiro atoms. The Morgan fingerprint density at radius 3 is 2.74 bits per heavy atom. The maximum Gasteiger partial charge on any atom is 0.117 e. The third-order valence-corrected chi connectivity index (χ3v) is 3.89. The lowest BCUT2D eigenvalue weighted by atomic mass is 10.2. The van der Waals surface area contributed by atoms with Crippen molar-refractivity contribution in [1.29, 1.82) is 0 Å². The minimum absolute atomic E-state index is 0.902. The van der Waals surface area contributed by atoms with E-state index in [2.05, 4.69) is 22.4 Å². The second kappa shape index (κ2) is 8.07. The van der Waals surface area contributed by atoms with Crippen LogP contribution in [0, 0.1) is 0 Å². The summed E-state index contributed by atoms with van der Waals surface area (Å²) in [6.45, 7) is 4.35. The molecule has 0 saturated carbocycles. The van der Waals surface area contributed by atoms with Crippen molar-refractivity contribution in [2.75, 3.05) is 13.1 Å². The molecule has 1 N–H and O–H groups in total. The van der Waals surface area contributed by atoms with E-state index < -0.39 is 0 Å². The molecule has 0 aliphatic rings. The maximum absolute atomic E-state index is 5.31. The minimum atomic E-state index is 0.902. The van der Waals surface area contributed by atoms with E-state index in [9.17, 15) is 0 Å². The molecule has 0 fully saturated rings. The highest BCUT2D eigenvalue weighted by atomic mass is 32.1. The average molecular weight is 279 g/mol. The highest BCUT2D eigenvalue weighted by Crippen LogP contribution is 2.14. The molecular weight excluding hydrogens is 258 g/mol. The van der Waals surface area contributed by atoms with Crippen LogP contribution in [0.2, 0.25) is 0 Å². The Morgan fingerprint density at radius 2 is 2.00 bits per heavy atom. The third kappa shape index (κ3) is 5.12. The second-order valence-electron chi connectivity index (χ2n) is 4.52. The molecule has 19 heavy (non-hydrogen) atoms. The number of nitrogens with one attached hydrogen (secondary N) is 1. The van der Waals surface area contributed by atoms with Crippen LogP contribution in [-0.4, -0.2) is 23.3 Å². The van der Waals surface area contributed by atoms with Gasteiger partial charge in [-0.2, -0.15) is 0 Å². The van der Waals surface area contributed by atoms with Crippen molar-refractivity contribution < 1.29 is 4.42 Å². The van der Waals surface area contributed by atoms with Crippen LogP contribution in [0.1, 0.15) is 35.5 Å². The number of aromatic nitrogens is 2. The Bertz CT molecular complexity index is 453. The van der Waals surface area contributed by atoms with Gasteiger partial charge in [-0.05, 0) is 38.1 Å². The Balaban J connectivity index is 1.67. The van der Waals surface area contributed by atoms with E-state index in [1.54, 1.807) is 17.6 Å². The monoisotopic (exact) mass is 279 g/mol. The van der Waals surface area contributed by atoms with Crippen molar-refractivity contribution in [3.8, 4) is 0 Å². The average Bonchev–Trinajstić information content (AvgIpc) is 3.07. The lowest BCUT2D eigenvalue weighted by Gasteiger charge is -1.99. The molecule has 0 aromatic carbocycles. The van der Waals surface area contributed by atoms with Gasteiger partial charge in [0.1, 0.15) is 15.8 Å². The van der Waals surface area contributed by atoms with Gasteiger partial charge in [-0.3, -0.25) is 0 Å². The molecule has 0 saturated heterocycles. The van der Waals surface area contributed by atoms with Gasteiger partial charge >= 0.3 is 0 Å². The summed E-state index contributed by atoms with van der Waals surface area (Å²) in [6.07, 6.45) is 6.88. The van der Waals surface area contributed by atoms with Gasteiger partial charge in [0.2, 0.25) is 0 Å². The van der Waals surface area contributed by atoms with E-state index >= 15 is 0 Å². The fourth-order valence-electron chi connectivity index (χ4n) is 1.84. The molecule has 0 bridgehead atoms. The first-order valence-electron chi connectivity index (χ1n) is 6.93. The predicted molar refractivity (Wildman–Crippen MR) is 77.5 cm³/mol. The van der Waals surface area contributed by atoms with Crippen molar-refractivity contribution in [3.05, 3.63) is 34.2 Å². The predicted octanol–water partition coefficient (Wildman–Crippen LogP) is 2.85. The van der Waals surface area contributed by atoms with E-state index in [-0.39, 0.29) is 0 Å². The van der Waals surface area contributed by atoms with Gasteiger partial charge in [0.05, 0.1) is 6.26 Å². The third-order valence-electron chi connectivity index (χ3n) is 2.85. The van der Waals surface area contributed by atoms with Gasteiger partial charge in [-0.15, -0.1) is 21.5 Å². The molecule has 0 radical (unpaired) electrons. The lowest BCUT2D eigenvalue weighted by Crippen LogP contribution is -2.16. The summed E-state index contributed by atoms with van der Waals surface area (Å²) in [5.41, 5.74) is 0. The summed E-state index contributed by atoms with van der Waals surface area (Å²) >= 11 is 1.73. The van der Waals surface area contributed by atoms with Crippen LogP contribution < -0.4 is 5.32 Å². The number of aryl methyl sites for hydroxylation is 3. The summed E-state index contributed by atoms with van der Waals surface area (Å²) in [4.78, 5) is 0. The van der Waals surface area contributed by atoms with Gasteiger partial charge in [-0.25, -0.2) is 0 Å². The van der Waals surface area contributed by atoms with Crippen LogP contribution in [0.5, 0.6) is 0 Å². The molecule has 0 aliphatic carbocycles. The molecule has 0 atom stereocenters. The van der Waals surface area contributed by atoms with Crippen molar-refractivity contribution in [1.82, 2.24) is 15.5 Å². The van der Waals surface area contributed by atoms with Crippen molar-refractivity contribution in [2.24, 2.45) is 0 Å². The molecule has 5 heteroatoms. The number of hydrogen-bond acceptors (Lipinski definition) is 5. The quantitative estimate of drug-likeness (QED) is 0.717. The summed E-state index contributed by atoms with van der Waals surface area (Å²) in [7, 11) is 0. The molecule has 2 rings (SSSR count). The van der Waals surface area contributed by atoms with E-state index in [4.69, 9.17) is 4.42 Å². The molecule has 0 aliphatic heterocycles. The molecule has 0 unspecified atom stereocenters. The SMILES string of the molecule is CCCNCCCc1nnc(CCc2ccco2)s1. The summed E-state index contributed by atoms with van der Waals surface area (Å²) in [5.74, 6) is 1.01. The van der Waals surface area contributed by atoms with Crippen molar-refractivity contribution in [3.63, 3.8) is 0 Å². The minimum Gasteiger partial charge on any atom is -0.469 e.